The van der Waals surface area contributed by atoms with E-state index in [2.05, 4.69) is 29.4 Å². The van der Waals surface area contributed by atoms with E-state index in [-0.39, 0.29) is 5.82 Å². The number of fused-ring (bicyclic) bond motifs is 1. The smallest absolute Gasteiger partial charge is 0.125 e. The molecule has 0 aliphatic carbocycles. The van der Waals surface area contributed by atoms with Crippen LogP contribution in [0.5, 0.6) is 0 Å². The van der Waals surface area contributed by atoms with Crippen LogP contribution in [0.3, 0.4) is 0 Å². The van der Waals surface area contributed by atoms with Crippen LogP contribution in [0.25, 0.3) is 10.9 Å². The highest BCUT2D eigenvalue weighted by molar-refractivity contribution is 5.81. The molecule has 2 nitrogen and oxygen atoms in total. The average molecular weight is 274 g/mol. The summed E-state index contributed by atoms with van der Waals surface area (Å²) in [5, 5.41) is 1.15. The molecule has 1 aromatic carbocycles. The molecule has 3 heteroatoms. The molecule has 108 valence electrons. The van der Waals surface area contributed by atoms with Crippen LogP contribution < -0.4 is 0 Å². The number of aromatic nitrogens is 1. The number of likely N-dealkylation sites (tertiary alicyclic amines) is 1. The molecule has 0 spiro atoms. The monoisotopic (exact) mass is 274 g/mol. The molecular formula is C17H23FN2. The molecule has 1 aromatic heterocycles. The summed E-state index contributed by atoms with van der Waals surface area (Å²) in [6, 6.07) is 7.69. The molecule has 0 bridgehead atoms. The minimum Gasteiger partial charge on any atom is -0.341 e. The molecule has 0 saturated carbocycles. The van der Waals surface area contributed by atoms with E-state index in [1.165, 1.54) is 38.0 Å². The molecule has 2 aromatic rings. The van der Waals surface area contributed by atoms with Crippen LogP contribution in [-0.4, -0.2) is 22.6 Å². The molecule has 0 atom stereocenters. The molecular weight excluding hydrogens is 251 g/mol. The molecule has 0 N–H and O–H groups in total. The lowest BCUT2D eigenvalue weighted by molar-refractivity contribution is 0.215. The molecule has 1 saturated heterocycles. The van der Waals surface area contributed by atoms with Gasteiger partial charge in [-0.15, -0.1) is 0 Å². The van der Waals surface area contributed by atoms with Crippen LogP contribution in [0.4, 0.5) is 4.39 Å². The molecule has 20 heavy (non-hydrogen) atoms. The summed E-state index contributed by atoms with van der Waals surface area (Å²) in [6.45, 7) is 7.70. The maximum Gasteiger partial charge on any atom is 0.125 e. The first kappa shape index (κ1) is 13.6. The predicted molar refractivity (Wildman–Crippen MR) is 81.4 cm³/mol. The zero-order valence-electron chi connectivity index (χ0n) is 12.4. The van der Waals surface area contributed by atoms with Gasteiger partial charge < -0.3 is 4.57 Å². The topological polar surface area (TPSA) is 8.17 Å². The fourth-order valence-electron chi connectivity index (χ4n) is 3.33. The van der Waals surface area contributed by atoms with E-state index in [0.717, 1.165) is 17.4 Å². The van der Waals surface area contributed by atoms with Crippen molar-refractivity contribution in [2.45, 2.75) is 45.7 Å². The average Bonchev–Trinajstić information content (AvgIpc) is 2.77. The lowest BCUT2D eigenvalue weighted by Crippen LogP contribution is -2.30. The lowest BCUT2D eigenvalue weighted by atomic mass is 10.1. The van der Waals surface area contributed by atoms with Crippen molar-refractivity contribution in [1.82, 2.24) is 9.47 Å². The van der Waals surface area contributed by atoms with Crippen molar-refractivity contribution in [3.8, 4) is 0 Å². The summed E-state index contributed by atoms with van der Waals surface area (Å²) in [7, 11) is 0. The number of nitrogens with zero attached hydrogens (tertiary/aromatic N) is 2. The third-order valence-electron chi connectivity index (χ3n) is 4.23. The Kier molecular flexibility index (Phi) is 3.79. The Morgan fingerprint density at radius 3 is 2.55 bits per heavy atom. The summed E-state index contributed by atoms with van der Waals surface area (Å²) < 4.78 is 15.8. The number of benzene rings is 1. The molecule has 1 aliphatic heterocycles. The summed E-state index contributed by atoms with van der Waals surface area (Å²) in [6.07, 6.45) is 3.96. The van der Waals surface area contributed by atoms with Crippen molar-refractivity contribution in [1.29, 1.82) is 0 Å². The van der Waals surface area contributed by atoms with Gasteiger partial charge in [-0.2, -0.15) is 0 Å². The lowest BCUT2D eigenvalue weighted by Gasteiger charge is -2.27. The first-order chi connectivity index (χ1) is 9.65. The van der Waals surface area contributed by atoms with E-state index in [9.17, 15) is 4.39 Å². The SMILES string of the molecule is CC(C)n1c(CN2CCCCC2)cc2ccc(F)cc21. The minimum absolute atomic E-state index is 0.151. The van der Waals surface area contributed by atoms with Crippen molar-refractivity contribution < 1.29 is 4.39 Å². The number of hydrogen-bond acceptors (Lipinski definition) is 1. The third kappa shape index (κ3) is 2.59. The van der Waals surface area contributed by atoms with Gasteiger partial charge in [0.15, 0.2) is 0 Å². The van der Waals surface area contributed by atoms with E-state index in [4.69, 9.17) is 0 Å². The number of rotatable bonds is 3. The fraction of sp³-hybridized carbons (Fsp3) is 0.529. The Morgan fingerprint density at radius 1 is 1.10 bits per heavy atom. The largest absolute Gasteiger partial charge is 0.341 e. The van der Waals surface area contributed by atoms with Crippen molar-refractivity contribution in [2.24, 2.45) is 0 Å². The van der Waals surface area contributed by atoms with E-state index in [0.29, 0.717) is 6.04 Å². The minimum atomic E-state index is -0.151. The second-order valence-corrected chi connectivity index (χ2v) is 6.14. The Balaban J connectivity index is 1.98. The van der Waals surface area contributed by atoms with E-state index < -0.39 is 0 Å². The van der Waals surface area contributed by atoms with Crippen LogP contribution in [0.2, 0.25) is 0 Å². The van der Waals surface area contributed by atoms with Gasteiger partial charge in [0.05, 0.1) is 5.52 Å². The van der Waals surface area contributed by atoms with Gasteiger partial charge in [-0.25, -0.2) is 4.39 Å². The van der Waals surface area contributed by atoms with Crippen LogP contribution in [-0.2, 0) is 6.54 Å². The first-order valence-electron chi connectivity index (χ1n) is 7.67. The van der Waals surface area contributed by atoms with Gasteiger partial charge in [-0.1, -0.05) is 6.42 Å². The van der Waals surface area contributed by atoms with Crippen molar-refractivity contribution in [3.05, 3.63) is 35.8 Å². The predicted octanol–water partition coefficient (Wildman–Crippen LogP) is 4.35. The highest BCUT2D eigenvalue weighted by Crippen LogP contribution is 2.26. The summed E-state index contributed by atoms with van der Waals surface area (Å²) in [5.74, 6) is -0.151. The van der Waals surface area contributed by atoms with Gasteiger partial charge in [-0.3, -0.25) is 4.90 Å². The number of piperidine rings is 1. The van der Waals surface area contributed by atoms with Gasteiger partial charge in [0.1, 0.15) is 5.82 Å². The molecule has 0 radical (unpaired) electrons. The van der Waals surface area contributed by atoms with Crippen LogP contribution in [0.15, 0.2) is 24.3 Å². The molecule has 0 unspecified atom stereocenters. The van der Waals surface area contributed by atoms with Crippen LogP contribution >= 0.6 is 0 Å². The van der Waals surface area contributed by atoms with Crippen LogP contribution in [0, 0.1) is 5.82 Å². The molecule has 1 aliphatic rings. The zero-order chi connectivity index (χ0) is 14.1. The second kappa shape index (κ2) is 5.57. The summed E-state index contributed by atoms with van der Waals surface area (Å²) >= 11 is 0. The number of hydrogen-bond donors (Lipinski definition) is 0. The van der Waals surface area contributed by atoms with Gasteiger partial charge in [0, 0.05) is 23.7 Å². The summed E-state index contributed by atoms with van der Waals surface area (Å²) in [4.78, 5) is 2.52. The van der Waals surface area contributed by atoms with Gasteiger partial charge in [0.25, 0.3) is 0 Å². The molecule has 2 heterocycles. The molecule has 1 fully saturated rings. The Bertz CT molecular complexity index is 594. The van der Waals surface area contributed by atoms with Crippen molar-refractivity contribution in [2.75, 3.05) is 13.1 Å². The first-order valence-corrected chi connectivity index (χ1v) is 7.67. The third-order valence-corrected chi connectivity index (χ3v) is 4.23. The normalized spacial score (nSPS) is 17.2. The Labute approximate surface area is 120 Å². The Hall–Kier alpha value is -1.35. The van der Waals surface area contributed by atoms with Gasteiger partial charge in [-0.05, 0) is 64.0 Å². The van der Waals surface area contributed by atoms with Crippen LogP contribution in [0.1, 0.15) is 44.8 Å². The molecule has 3 rings (SSSR count). The summed E-state index contributed by atoms with van der Waals surface area (Å²) in [5.41, 5.74) is 2.33. The van der Waals surface area contributed by atoms with Gasteiger partial charge >= 0.3 is 0 Å². The van der Waals surface area contributed by atoms with E-state index in [1.807, 2.05) is 6.07 Å². The molecule has 0 amide bonds. The van der Waals surface area contributed by atoms with E-state index >= 15 is 0 Å². The maximum atomic E-state index is 13.5. The zero-order valence-corrected chi connectivity index (χ0v) is 12.4. The standard InChI is InChI=1S/C17H23FN2/c1-13(2)20-16(12-19-8-4-3-5-9-19)10-14-6-7-15(18)11-17(14)20/h6-7,10-11,13H,3-5,8-9,12H2,1-2H3. The highest BCUT2D eigenvalue weighted by atomic mass is 19.1. The quantitative estimate of drug-likeness (QED) is 0.808. The Morgan fingerprint density at radius 2 is 1.85 bits per heavy atom. The van der Waals surface area contributed by atoms with Gasteiger partial charge in [0.2, 0.25) is 0 Å². The van der Waals surface area contributed by atoms with Crippen molar-refractivity contribution in [3.63, 3.8) is 0 Å². The van der Waals surface area contributed by atoms with Crippen molar-refractivity contribution >= 4 is 10.9 Å². The van der Waals surface area contributed by atoms with E-state index in [1.54, 1.807) is 12.1 Å². The fourth-order valence-corrected chi connectivity index (χ4v) is 3.33. The second-order valence-electron chi connectivity index (χ2n) is 6.14. The maximum absolute atomic E-state index is 13.5. The number of halogens is 1. The highest BCUT2D eigenvalue weighted by Gasteiger charge is 2.16.